The van der Waals surface area contributed by atoms with E-state index in [2.05, 4.69) is 5.32 Å². The van der Waals surface area contributed by atoms with E-state index in [0.717, 1.165) is 0 Å². The lowest BCUT2D eigenvalue weighted by Gasteiger charge is -2.23. The van der Waals surface area contributed by atoms with Gasteiger partial charge in [0.25, 0.3) is 5.91 Å². The van der Waals surface area contributed by atoms with Crippen molar-refractivity contribution in [2.45, 2.75) is 32.7 Å². The Morgan fingerprint density at radius 1 is 1.36 bits per heavy atom. The Labute approximate surface area is 129 Å². The Morgan fingerprint density at radius 2 is 2.09 bits per heavy atom. The Kier molecular flexibility index (Phi) is 4.80. The predicted octanol–water partition coefficient (Wildman–Crippen LogP) is 1.97. The minimum atomic E-state index is -0.869. The van der Waals surface area contributed by atoms with Crippen molar-refractivity contribution in [2.24, 2.45) is 5.92 Å². The zero-order valence-electron chi connectivity index (χ0n) is 12.7. The van der Waals surface area contributed by atoms with E-state index in [1.807, 2.05) is 0 Å². The summed E-state index contributed by atoms with van der Waals surface area (Å²) in [6.07, 6.45) is 0.829. The summed E-state index contributed by atoms with van der Waals surface area (Å²) in [5.41, 5.74) is 1.02. The fourth-order valence-corrected chi connectivity index (χ4v) is 2.70. The summed E-state index contributed by atoms with van der Waals surface area (Å²) in [6.45, 7) is 3.94. The monoisotopic (exact) mass is 304 g/mol. The summed E-state index contributed by atoms with van der Waals surface area (Å²) in [7, 11) is 0. The highest BCUT2D eigenvalue weighted by Gasteiger charge is 2.38. The molecule has 2 amide bonds. The minimum absolute atomic E-state index is 0.120. The van der Waals surface area contributed by atoms with Crippen LogP contribution >= 0.6 is 0 Å². The number of rotatable bonds is 4. The molecule has 0 spiro atoms. The molecule has 0 bridgehead atoms. The third kappa shape index (κ3) is 3.27. The maximum absolute atomic E-state index is 12.6. The van der Waals surface area contributed by atoms with Crippen LogP contribution in [0.1, 0.15) is 37.0 Å². The van der Waals surface area contributed by atoms with E-state index in [4.69, 9.17) is 5.11 Å². The van der Waals surface area contributed by atoms with Gasteiger partial charge in [-0.3, -0.25) is 14.4 Å². The van der Waals surface area contributed by atoms with E-state index in [-0.39, 0.29) is 17.9 Å². The van der Waals surface area contributed by atoms with Gasteiger partial charge >= 0.3 is 5.97 Å². The molecule has 1 saturated heterocycles. The van der Waals surface area contributed by atoms with Gasteiger partial charge in [0.15, 0.2) is 0 Å². The first-order chi connectivity index (χ1) is 10.4. The maximum Gasteiger partial charge on any atom is 0.308 e. The number of hydrogen-bond acceptors (Lipinski definition) is 3. The normalized spacial score (nSPS) is 20.7. The van der Waals surface area contributed by atoms with Gasteiger partial charge in [-0.15, -0.1) is 0 Å². The number of aliphatic carboxylic acids is 1. The first-order valence-corrected chi connectivity index (χ1v) is 7.37. The molecular weight excluding hydrogens is 284 g/mol. The molecule has 1 aliphatic heterocycles. The number of likely N-dealkylation sites (tertiary alicyclic amines) is 1. The molecule has 6 heteroatoms. The first-order valence-electron chi connectivity index (χ1n) is 7.37. The highest BCUT2D eigenvalue weighted by atomic mass is 16.4. The number of carbonyl (C=O) groups excluding carboxylic acids is 2. The molecule has 22 heavy (non-hydrogen) atoms. The molecule has 6 nitrogen and oxygen atoms in total. The fraction of sp³-hybridized carbons (Fsp3) is 0.438. The first kappa shape index (κ1) is 16.0. The molecule has 0 radical (unpaired) electrons. The molecule has 118 valence electrons. The molecule has 2 N–H and O–H groups in total. The third-order valence-electron chi connectivity index (χ3n) is 4.05. The van der Waals surface area contributed by atoms with Crippen LogP contribution in [0.4, 0.5) is 5.69 Å². The second-order valence-corrected chi connectivity index (χ2v) is 5.46. The molecule has 1 aromatic carbocycles. The summed E-state index contributed by atoms with van der Waals surface area (Å²) < 4.78 is 0. The van der Waals surface area contributed by atoms with Crippen molar-refractivity contribution < 1.29 is 19.5 Å². The molecule has 1 fully saturated rings. The van der Waals surface area contributed by atoms with E-state index in [0.29, 0.717) is 30.6 Å². The van der Waals surface area contributed by atoms with E-state index < -0.39 is 11.9 Å². The summed E-state index contributed by atoms with van der Waals surface area (Å²) >= 11 is 0. The van der Waals surface area contributed by atoms with Gasteiger partial charge in [-0.25, -0.2) is 0 Å². The number of amides is 2. The quantitative estimate of drug-likeness (QED) is 0.890. The molecule has 2 rings (SSSR count). The highest BCUT2D eigenvalue weighted by Crippen LogP contribution is 2.26. The Balaban J connectivity index is 2.15. The number of carboxylic acid groups (broad SMARTS) is 1. The number of nitrogens with zero attached hydrogens (tertiary/aromatic N) is 1. The molecule has 1 heterocycles. The topological polar surface area (TPSA) is 86.7 Å². The molecule has 0 aliphatic carbocycles. The number of hydrogen-bond donors (Lipinski definition) is 2. The van der Waals surface area contributed by atoms with Gasteiger partial charge < -0.3 is 15.3 Å². The molecular formula is C16H20N2O4. The van der Waals surface area contributed by atoms with Crippen molar-refractivity contribution >= 4 is 23.5 Å². The molecule has 2 atom stereocenters. The maximum atomic E-state index is 12.6. The van der Waals surface area contributed by atoms with Gasteiger partial charge in [-0.05, 0) is 31.5 Å². The summed E-state index contributed by atoms with van der Waals surface area (Å²) in [5, 5.41) is 11.9. The number of carboxylic acids is 1. The molecule has 0 saturated carbocycles. The summed E-state index contributed by atoms with van der Waals surface area (Å²) in [6, 6.07) is 6.38. The van der Waals surface area contributed by atoms with Crippen LogP contribution in [0.2, 0.25) is 0 Å². The third-order valence-corrected chi connectivity index (χ3v) is 4.05. The molecule has 2 unspecified atom stereocenters. The van der Waals surface area contributed by atoms with E-state index in [9.17, 15) is 14.4 Å². The van der Waals surface area contributed by atoms with Crippen LogP contribution in [0, 0.1) is 5.92 Å². The average Bonchev–Trinajstić information content (AvgIpc) is 2.88. The van der Waals surface area contributed by atoms with Crippen LogP contribution in [-0.2, 0) is 9.59 Å². The van der Waals surface area contributed by atoms with Crippen LogP contribution in [0.3, 0.4) is 0 Å². The molecule has 1 aromatic rings. The van der Waals surface area contributed by atoms with Crippen LogP contribution in [-0.4, -0.2) is 40.4 Å². The zero-order valence-corrected chi connectivity index (χ0v) is 12.7. The Hall–Kier alpha value is -2.37. The number of nitrogens with one attached hydrogen (secondary N) is 1. The average molecular weight is 304 g/mol. The number of benzene rings is 1. The van der Waals surface area contributed by atoms with Crippen LogP contribution in [0.5, 0.6) is 0 Å². The largest absolute Gasteiger partial charge is 0.481 e. The number of carbonyl (C=O) groups is 3. The molecule has 1 aliphatic rings. The standard InChI is InChI=1S/C16H20N2O4/c1-3-14(19)17-12-6-4-5-11(9-12)15(20)18-8-7-13(10(18)2)16(21)22/h4-6,9-10,13H,3,7-8H2,1-2H3,(H,17,19)(H,21,22). The minimum Gasteiger partial charge on any atom is -0.481 e. The van der Waals surface area contributed by atoms with Crippen LogP contribution in [0.15, 0.2) is 24.3 Å². The lowest BCUT2D eigenvalue weighted by atomic mass is 10.0. The SMILES string of the molecule is CCC(=O)Nc1cccc(C(=O)N2CCC(C(=O)O)C2C)c1. The van der Waals surface area contributed by atoms with Crippen molar-refractivity contribution in [3.63, 3.8) is 0 Å². The van der Waals surface area contributed by atoms with Crippen molar-refractivity contribution in [2.75, 3.05) is 11.9 Å². The summed E-state index contributed by atoms with van der Waals surface area (Å²) in [5.74, 6) is -1.72. The zero-order chi connectivity index (χ0) is 16.3. The lowest BCUT2D eigenvalue weighted by molar-refractivity contribution is -0.142. The van der Waals surface area contributed by atoms with Crippen LogP contribution in [0.25, 0.3) is 0 Å². The van der Waals surface area contributed by atoms with Gasteiger partial charge in [0.1, 0.15) is 0 Å². The second-order valence-electron chi connectivity index (χ2n) is 5.46. The molecule has 0 aromatic heterocycles. The van der Waals surface area contributed by atoms with Gasteiger partial charge in [0.2, 0.25) is 5.91 Å². The van der Waals surface area contributed by atoms with E-state index in [1.165, 1.54) is 0 Å². The number of anilines is 1. The Bertz CT molecular complexity index is 600. The van der Waals surface area contributed by atoms with Gasteiger partial charge in [-0.1, -0.05) is 13.0 Å². The van der Waals surface area contributed by atoms with E-state index >= 15 is 0 Å². The van der Waals surface area contributed by atoms with Crippen molar-refractivity contribution in [3.05, 3.63) is 29.8 Å². The lowest BCUT2D eigenvalue weighted by Crippen LogP contribution is -2.37. The second kappa shape index (κ2) is 6.60. The van der Waals surface area contributed by atoms with Crippen LogP contribution < -0.4 is 5.32 Å². The van der Waals surface area contributed by atoms with Gasteiger partial charge in [0.05, 0.1) is 5.92 Å². The predicted molar refractivity (Wildman–Crippen MR) is 81.6 cm³/mol. The summed E-state index contributed by atoms with van der Waals surface area (Å²) in [4.78, 5) is 36.7. The van der Waals surface area contributed by atoms with Crippen molar-refractivity contribution in [3.8, 4) is 0 Å². The van der Waals surface area contributed by atoms with Crippen molar-refractivity contribution in [1.29, 1.82) is 0 Å². The smallest absolute Gasteiger partial charge is 0.308 e. The van der Waals surface area contributed by atoms with Gasteiger partial charge in [0, 0.05) is 30.3 Å². The highest BCUT2D eigenvalue weighted by molar-refractivity contribution is 5.97. The Morgan fingerprint density at radius 3 is 2.68 bits per heavy atom. The van der Waals surface area contributed by atoms with E-state index in [1.54, 1.807) is 43.0 Å². The van der Waals surface area contributed by atoms with Crippen molar-refractivity contribution in [1.82, 2.24) is 4.90 Å². The fourth-order valence-electron chi connectivity index (χ4n) is 2.70. The van der Waals surface area contributed by atoms with Gasteiger partial charge in [-0.2, -0.15) is 0 Å².